The van der Waals surface area contributed by atoms with Crippen molar-refractivity contribution in [3.8, 4) is 0 Å². The summed E-state index contributed by atoms with van der Waals surface area (Å²) < 4.78 is 11.0. The van der Waals surface area contributed by atoms with Gasteiger partial charge in [-0.15, -0.1) is 11.6 Å². The van der Waals surface area contributed by atoms with Crippen molar-refractivity contribution in [1.29, 1.82) is 0 Å². The summed E-state index contributed by atoms with van der Waals surface area (Å²) in [5.41, 5.74) is 0. The molecule has 29 heavy (non-hydrogen) atoms. The van der Waals surface area contributed by atoms with Crippen LogP contribution in [0.25, 0.3) is 0 Å². The van der Waals surface area contributed by atoms with Crippen molar-refractivity contribution in [3.63, 3.8) is 0 Å². The maximum atomic E-state index is 12.6. The van der Waals surface area contributed by atoms with Gasteiger partial charge < -0.3 is 40.3 Å². The minimum atomic E-state index is -2.19. The van der Waals surface area contributed by atoms with Gasteiger partial charge in [0.25, 0.3) is 0 Å². The van der Waals surface area contributed by atoms with E-state index in [0.29, 0.717) is 13.0 Å². The number of hydrogen-bond donors (Lipinski definition) is 6. The Balaban J connectivity index is 2.23. The van der Waals surface area contributed by atoms with E-state index in [-0.39, 0.29) is 37.4 Å². The maximum Gasteiger partial charge on any atom is 0.319 e. The van der Waals surface area contributed by atoms with Crippen molar-refractivity contribution < 1.29 is 39.8 Å². The topological polar surface area (TPSA) is 152 Å². The Hall–Kier alpha value is -0.720. The lowest BCUT2D eigenvalue weighted by atomic mass is 9.87. The summed E-state index contributed by atoms with van der Waals surface area (Å²) in [5, 5.41) is 55.0. The highest BCUT2D eigenvalue weighted by Gasteiger charge is 2.55. The molecule has 2 amide bonds. The van der Waals surface area contributed by atoms with Gasteiger partial charge in [0.2, 0.25) is 0 Å². The molecular weight excluding hydrogens is 408 g/mol. The molecule has 170 valence electrons. The first-order valence-electron chi connectivity index (χ1n) is 9.95. The number of rotatable bonds is 8. The van der Waals surface area contributed by atoms with Crippen LogP contribution < -0.4 is 5.32 Å². The summed E-state index contributed by atoms with van der Waals surface area (Å²) >= 11 is 5.61. The van der Waals surface area contributed by atoms with Gasteiger partial charge in [-0.1, -0.05) is 13.8 Å². The third kappa shape index (κ3) is 5.92. The summed E-state index contributed by atoms with van der Waals surface area (Å²) in [7, 11) is 0. The molecule has 2 unspecified atom stereocenters. The normalized spacial score (nSPS) is 36.2. The number of ether oxygens (including phenoxy) is 2. The summed E-state index contributed by atoms with van der Waals surface area (Å²) in [5.74, 6) is -2.15. The number of hydrogen-bond acceptors (Lipinski definition) is 8. The molecule has 2 aliphatic rings. The van der Waals surface area contributed by atoms with Crippen LogP contribution in [-0.4, -0.2) is 105 Å². The van der Waals surface area contributed by atoms with E-state index < -0.39 is 42.5 Å². The third-order valence-corrected chi connectivity index (χ3v) is 5.37. The number of urea groups is 1. The molecule has 10 nitrogen and oxygen atoms in total. The van der Waals surface area contributed by atoms with E-state index in [2.05, 4.69) is 5.32 Å². The van der Waals surface area contributed by atoms with E-state index in [9.17, 15) is 30.3 Å². The molecule has 0 bridgehead atoms. The van der Waals surface area contributed by atoms with Crippen molar-refractivity contribution in [1.82, 2.24) is 10.2 Å². The van der Waals surface area contributed by atoms with Crippen molar-refractivity contribution in [2.75, 3.05) is 25.6 Å². The molecule has 2 fully saturated rings. The lowest BCUT2D eigenvalue weighted by molar-refractivity contribution is -0.367. The highest BCUT2D eigenvalue weighted by Crippen LogP contribution is 2.35. The fourth-order valence-corrected chi connectivity index (χ4v) is 3.86. The minimum absolute atomic E-state index is 0.0170. The number of aliphatic hydroxyl groups excluding tert-OH is 4. The lowest BCUT2D eigenvalue weighted by Crippen LogP contribution is -2.69. The first kappa shape index (κ1) is 24.5. The quantitative estimate of drug-likeness (QED) is 0.206. The van der Waals surface area contributed by atoms with E-state index in [1.54, 1.807) is 13.8 Å². The summed E-state index contributed by atoms with van der Waals surface area (Å²) in [6, 6.07) is -0.655. The monoisotopic (exact) mass is 440 g/mol. The molecule has 0 saturated carbocycles. The Kier molecular flexibility index (Phi) is 8.92. The predicted octanol–water partition coefficient (Wildman–Crippen LogP) is -1.05. The number of nitrogens with one attached hydrogen (secondary N) is 1. The Morgan fingerprint density at radius 3 is 2.55 bits per heavy atom. The highest BCUT2D eigenvalue weighted by atomic mass is 35.5. The molecular formula is C18H33ClN2O8. The zero-order valence-corrected chi connectivity index (χ0v) is 17.5. The van der Waals surface area contributed by atoms with Crippen LogP contribution in [0.3, 0.4) is 0 Å². The summed E-state index contributed by atoms with van der Waals surface area (Å²) in [6.07, 6.45) is -7.41. The second-order valence-corrected chi connectivity index (χ2v) is 8.45. The van der Waals surface area contributed by atoms with Gasteiger partial charge in [0.1, 0.15) is 24.4 Å². The van der Waals surface area contributed by atoms with E-state index in [0.717, 1.165) is 11.3 Å². The molecule has 0 aromatic heterocycles. The third-order valence-electron chi connectivity index (χ3n) is 5.18. The Morgan fingerprint density at radius 1 is 1.31 bits per heavy atom. The molecule has 2 heterocycles. The molecule has 2 rings (SSSR count). The highest BCUT2D eigenvalue weighted by molar-refractivity contribution is 6.18. The van der Waals surface area contributed by atoms with Gasteiger partial charge in [0, 0.05) is 25.5 Å². The van der Waals surface area contributed by atoms with Crippen molar-refractivity contribution in [3.05, 3.63) is 0 Å². The zero-order chi connectivity index (χ0) is 21.8. The second-order valence-electron chi connectivity index (χ2n) is 8.07. The number of halogens is 1. The molecule has 2 aliphatic heterocycles. The van der Waals surface area contributed by atoms with Crippen molar-refractivity contribution >= 4 is 17.6 Å². The molecule has 7 atom stereocenters. The minimum Gasteiger partial charge on any atom is -0.387 e. The van der Waals surface area contributed by atoms with Gasteiger partial charge in [0.15, 0.2) is 12.0 Å². The molecule has 0 aromatic carbocycles. The second kappa shape index (κ2) is 10.5. The molecule has 2 saturated heterocycles. The number of amides is 2. The van der Waals surface area contributed by atoms with Crippen LogP contribution in [0, 0.1) is 5.92 Å². The molecule has 11 heteroatoms. The Labute approximate surface area is 175 Å². The van der Waals surface area contributed by atoms with Crippen LogP contribution in [-0.2, 0) is 9.47 Å². The van der Waals surface area contributed by atoms with E-state index in [1.165, 1.54) is 0 Å². The van der Waals surface area contributed by atoms with E-state index in [4.69, 9.17) is 21.1 Å². The van der Waals surface area contributed by atoms with Crippen LogP contribution >= 0.6 is 11.6 Å². The van der Waals surface area contributed by atoms with Crippen LogP contribution in [0.5, 0.6) is 0 Å². The van der Waals surface area contributed by atoms with E-state index in [1.807, 2.05) is 0 Å². The largest absolute Gasteiger partial charge is 0.387 e. The summed E-state index contributed by atoms with van der Waals surface area (Å²) in [6.45, 7) is 4.27. The predicted molar refractivity (Wildman–Crippen MR) is 103 cm³/mol. The fourth-order valence-electron chi connectivity index (χ4n) is 3.77. The summed E-state index contributed by atoms with van der Waals surface area (Å²) in [4.78, 5) is 13.6. The van der Waals surface area contributed by atoms with Gasteiger partial charge in [-0.25, -0.2) is 4.79 Å². The SMILES string of the molecule is CC(C)C[C@]1(O)O[C@H](C(O)N(CC2CCCO2)C(=O)NCCCl)[C@@H](O)[C@H](O)[C@H]1O. The zero-order valence-electron chi connectivity index (χ0n) is 16.8. The molecule has 0 spiro atoms. The average molecular weight is 441 g/mol. The number of alkyl halides is 1. The lowest BCUT2D eigenvalue weighted by Gasteiger charge is -2.49. The van der Waals surface area contributed by atoms with Crippen LogP contribution in [0.1, 0.15) is 33.1 Å². The molecule has 0 radical (unpaired) electrons. The van der Waals surface area contributed by atoms with Crippen LogP contribution in [0.15, 0.2) is 0 Å². The van der Waals surface area contributed by atoms with Crippen LogP contribution in [0.4, 0.5) is 4.79 Å². The number of aliphatic hydroxyl groups is 5. The number of nitrogens with zero attached hydrogens (tertiary/aromatic N) is 1. The molecule has 6 N–H and O–H groups in total. The number of carbonyl (C=O) groups is 1. The van der Waals surface area contributed by atoms with Gasteiger partial charge >= 0.3 is 6.03 Å². The average Bonchev–Trinajstić information content (AvgIpc) is 3.18. The van der Waals surface area contributed by atoms with Crippen molar-refractivity contribution in [2.45, 2.75) is 75.6 Å². The fraction of sp³-hybridized carbons (Fsp3) is 0.944. The first-order chi connectivity index (χ1) is 13.6. The molecule has 0 aromatic rings. The molecule has 0 aliphatic carbocycles. The Morgan fingerprint density at radius 2 is 2.00 bits per heavy atom. The standard InChI is InChI=1S/C18H33ClN2O8/c1-10(2)8-18(27)15(24)13(23)12(22)14(29-18)16(25)21(17(26)20-6-5-19)9-11-4-3-7-28-11/h10-16,22-25,27H,3-9H2,1-2H3,(H,20,26)/t11?,12-,13-,14-,15+,16?,18-/m0/s1. The number of carbonyl (C=O) groups excluding carboxylic acids is 1. The van der Waals surface area contributed by atoms with Gasteiger partial charge in [-0.05, 0) is 18.8 Å². The Bertz CT molecular complexity index is 536. The smallest absolute Gasteiger partial charge is 0.319 e. The van der Waals surface area contributed by atoms with Crippen molar-refractivity contribution in [2.24, 2.45) is 5.92 Å². The first-order valence-corrected chi connectivity index (χ1v) is 10.5. The maximum absolute atomic E-state index is 12.6. The van der Waals surface area contributed by atoms with E-state index >= 15 is 0 Å². The van der Waals surface area contributed by atoms with Crippen LogP contribution in [0.2, 0.25) is 0 Å². The van der Waals surface area contributed by atoms with Gasteiger partial charge in [0.05, 0.1) is 12.6 Å². The van der Waals surface area contributed by atoms with Gasteiger partial charge in [-0.2, -0.15) is 0 Å². The van der Waals surface area contributed by atoms with Gasteiger partial charge in [-0.3, -0.25) is 4.90 Å².